The summed E-state index contributed by atoms with van der Waals surface area (Å²) in [5.74, 6) is 2.15. The molecule has 1 amide bonds. The number of ether oxygens (including phenoxy) is 1. The van der Waals surface area contributed by atoms with Crippen LogP contribution in [-0.4, -0.2) is 35.0 Å². The number of nitrogens with zero attached hydrogens (tertiary/aromatic N) is 3. The van der Waals surface area contributed by atoms with Gasteiger partial charge >= 0.3 is 0 Å². The molecule has 1 aliphatic heterocycles. The number of carbonyl (C=O) groups excluding carboxylic acids is 1. The largest absolute Gasteiger partial charge is 0.437 e. The van der Waals surface area contributed by atoms with E-state index >= 15 is 0 Å². The molecule has 3 heterocycles. The second-order valence-electron chi connectivity index (χ2n) is 6.78. The highest BCUT2D eigenvalue weighted by molar-refractivity contribution is 5.73. The van der Waals surface area contributed by atoms with Crippen molar-refractivity contribution in [3.63, 3.8) is 0 Å². The Bertz CT molecular complexity index is 766. The minimum atomic E-state index is -0.0473. The van der Waals surface area contributed by atoms with Crippen molar-refractivity contribution in [2.75, 3.05) is 18.0 Å². The first-order valence-electron chi connectivity index (χ1n) is 9.40. The molecule has 1 saturated heterocycles. The zero-order valence-corrected chi connectivity index (χ0v) is 15.9. The molecule has 1 N–H and O–H groups in total. The summed E-state index contributed by atoms with van der Waals surface area (Å²) in [7, 11) is 0. The summed E-state index contributed by atoms with van der Waals surface area (Å²) >= 11 is 0. The van der Waals surface area contributed by atoms with Gasteiger partial charge in [-0.1, -0.05) is 12.2 Å². The molecule has 27 heavy (non-hydrogen) atoms. The Morgan fingerprint density at radius 2 is 1.96 bits per heavy atom. The van der Waals surface area contributed by atoms with Crippen LogP contribution in [0.3, 0.4) is 0 Å². The minimum absolute atomic E-state index is 0.0251. The van der Waals surface area contributed by atoms with E-state index in [1.165, 1.54) is 26.2 Å². The lowest BCUT2D eigenvalue weighted by Gasteiger charge is -2.27. The van der Waals surface area contributed by atoms with Crippen LogP contribution in [0, 0.1) is 0 Å². The number of rotatable bonds is 6. The maximum atomic E-state index is 11.0. The molecule has 1 fully saturated rings. The van der Waals surface area contributed by atoms with E-state index in [0.29, 0.717) is 11.6 Å². The first-order chi connectivity index (χ1) is 13.1. The fourth-order valence-electron chi connectivity index (χ4n) is 3.04. The van der Waals surface area contributed by atoms with E-state index in [2.05, 4.69) is 20.2 Å². The molecule has 3 rings (SSSR count). The number of hydrogen-bond acceptors (Lipinski definition) is 5. The summed E-state index contributed by atoms with van der Waals surface area (Å²) in [6.07, 6.45) is 11.1. The number of pyridine rings is 2. The number of nitrogens with one attached hydrogen (secondary N) is 1. The Labute approximate surface area is 160 Å². The number of hydrogen-bond donors (Lipinski definition) is 1. The zero-order chi connectivity index (χ0) is 19.1. The third-order valence-corrected chi connectivity index (χ3v) is 4.39. The van der Waals surface area contributed by atoms with E-state index in [9.17, 15) is 4.79 Å². The molecule has 0 bridgehead atoms. The van der Waals surface area contributed by atoms with Gasteiger partial charge in [0.15, 0.2) is 0 Å². The van der Waals surface area contributed by atoms with Crippen molar-refractivity contribution in [1.82, 2.24) is 15.3 Å². The smallest absolute Gasteiger partial charge is 0.219 e. The molecule has 1 atom stereocenters. The third-order valence-electron chi connectivity index (χ3n) is 4.39. The Morgan fingerprint density at radius 3 is 2.59 bits per heavy atom. The molecule has 0 unspecified atom stereocenters. The van der Waals surface area contributed by atoms with E-state index in [1.807, 2.05) is 43.3 Å². The van der Waals surface area contributed by atoms with E-state index in [-0.39, 0.29) is 11.9 Å². The molecule has 2 aromatic rings. The maximum absolute atomic E-state index is 11.0. The number of amides is 1. The maximum Gasteiger partial charge on any atom is 0.219 e. The summed E-state index contributed by atoms with van der Waals surface area (Å²) in [6.45, 7) is 5.57. The predicted octanol–water partition coefficient (Wildman–Crippen LogP) is 3.80. The van der Waals surface area contributed by atoms with Crippen molar-refractivity contribution < 1.29 is 9.53 Å². The van der Waals surface area contributed by atoms with Crippen LogP contribution in [0.1, 0.15) is 38.7 Å². The average Bonchev–Trinajstić information content (AvgIpc) is 2.68. The van der Waals surface area contributed by atoms with E-state index in [1.54, 1.807) is 12.4 Å². The van der Waals surface area contributed by atoms with E-state index in [4.69, 9.17) is 4.74 Å². The van der Waals surface area contributed by atoms with E-state index in [0.717, 1.165) is 24.5 Å². The Kier molecular flexibility index (Phi) is 6.41. The van der Waals surface area contributed by atoms with Crippen LogP contribution in [0.2, 0.25) is 0 Å². The molecular weight excluding hydrogens is 340 g/mol. The molecule has 6 heteroatoms. The van der Waals surface area contributed by atoms with Gasteiger partial charge in [0.1, 0.15) is 11.6 Å². The first kappa shape index (κ1) is 18.9. The lowest BCUT2D eigenvalue weighted by molar-refractivity contribution is -0.119. The molecule has 6 nitrogen and oxygen atoms in total. The molecule has 0 saturated carbocycles. The Balaban J connectivity index is 1.56. The topological polar surface area (TPSA) is 67.3 Å². The summed E-state index contributed by atoms with van der Waals surface area (Å²) < 4.78 is 5.78. The van der Waals surface area contributed by atoms with Crippen molar-refractivity contribution in [1.29, 1.82) is 0 Å². The van der Waals surface area contributed by atoms with Gasteiger partial charge in [0.25, 0.3) is 0 Å². The van der Waals surface area contributed by atoms with Crippen molar-refractivity contribution in [3.8, 4) is 11.6 Å². The van der Waals surface area contributed by atoms with Crippen molar-refractivity contribution in [3.05, 3.63) is 48.3 Å². The monoisotopic (exact) mass is 366 g/mol. The Hall–Kier alpha value is -2.89. The lowest BCUT2D eigenvalue weighted by atomic mass is 10.1. The molecule has 0 spiro atoms. The quantitative estimate of drug-likeness (QED) is 0.842. The third kappa shape index (κ3) is 5.81. The predicted molar refractivity (Wildman–Crippen MR) is 107 cm³/mol. The molecule has 142 valence electrons. The van der Waals surface area contributed by atoms with Crippen LogP contribution in [0.5, 0.6) is 11.6 Å². The second-order valence-corrected chi connectivity index (χ2v) is 6.78. The van der Waals surface area contributed by atoms with Crippen LogP contribution in [0.4, 0.5) is 5.82 Å². The fraction of sp³-hybridized carbons (Fsp3) is 0.381. The summed E-state index contributed by atoms with van der Waals surface area (Å²) in [6, 6.07) is 7.65. The van der Waals surface area contributed by atoms with Crippen LogP contribution < -0.4 is 15.0 Å². The summed E-state index contributed by atoms with van der Waals surface area (Å²) in [4.78, 5) is 22.2. The van der Waals surface area contributed by atoms with Crippen LogP contribution >= 0.6 is 0 Å². The van der Waals surface area contributed by atoms with Crippen LogP contribution in [-0.2, 0) is 4.79 Å². The van der Waals surface area contributed by atoms with Crippen molar-refractivity contribution in [2.45, 2.75) is 39.2 Å². The van der Waals surface area contributed by atoms with Gasteiger partial charge in [0, 0.05) is 38.3 Å². The fourth-order valence-corrected chi connectivity index (χ4v) is 3.04. The highest BCUT2D eigenvalue weighted by Crippen LogP contribution is 2.23. The number of piperidine rings is 1. The molecule has 0 aliphatic carbocycles. The van der Waals surface area contributed by atoms with Gasteiger partial charge in [-0.15, -0.1) is 0 Å². The SMILES string of the molecule is CC(=O)N[C@@H](C)/C=C/c1ccc(Oc2ccc(N3CCCCC3)nc2)nc1. The molecule has 0 aromatic carbocycles. The standard InChI is InChI=1S/C21H26N4O2/c1-16(24-17(2)26)6-7-18-8-11-21(23-14-18)27-19-9-10-20(22-15-19)25-12-4-3-5-13-25/h6-11,14-16H,3-5,12-13H2,1-2H3,(H,24,26)/b7-6+/t16-/m0/s1. The average molecular weight is 366 g/mol. The van der Waals surface area contributed by atoms with Gasteiger partial charge in [-0.2, -0.15) is 0 Å². The number of aromatic nitrogens is 2. The highest BCUT2D eigenvalue weighted by atomic mass is 16.5. The van der Waals surface area contributed by atoms with Crippen molar-refractivity contribution >= 4 is 17.8 Å². The zero-order valence-electron chi connectivity index (χ0n) is 15.9. The van der Waals surface area contributed by atoms with E-state index < -0.39 is 0 Å². The lowest BCUT2D eigenvalue weighted by Crippen LogP contribution is -2.29. The van der Waals surface area contributed by atoms with Gasteiger partial charge in [-0.05, 0) is 49.9 Å². The van der Waals surface area contributed by atoms with Crippen LogP contribution in [0.25, 0.3) is 6.08 Å². The molecular formula is C21H26N4O2. The Morgan fingerprint density at radius 1 is 1.15 bits per heavy atom. The second kappa shape index (κ2) is 9.16. The van der Waals surface area contributed by atoms with Gasteiger partial charge in [0.2, 0.25) is 11.8 Å². The highest BCUT2D eigenvalue weighted by Gasteiger charge is 2.12. The minimum Gasteiger partial charge on any atom is -0.437 e. The van der Waals surface area contributed by atoms with Gasteiger partial charge in [-0.25, -0.2) is 9.97 Å². The van der Waals surface area contributed by atoms with Crippen molar-refractivity contribution in [2.24, 2.45) is 0 Å². The van der Waals surface area contributed by atoms with Gasteiger partial charge < -0.3 is 15.0 Å². The number of anilines is 1. The molecule has 0 radical (unpaired) electrons. The molecule has 1 aliphatic rings. The number of carbonyl (C=O) groups is 1. The normalized spacial score (nSPS) is 15.6. The van der Waals surface area contributed by atoms with Crippen LogP contribution in [0.15, 0.2) is 42.7 Å². The summed E-state index contributed by atoms with van der Waals surface area (Å²) in [5.41, 5.74) is 0.943. The van der Waals surface area contributed by atoms with Gasteiger partial charge in [0.05, 0.1) is 6.20 Å². The summed E-state index contributed by atoms with van der Waals surface area (Å²) in [5, 5.41) is 2.80. The molecule has 2 aromatic heterocycles. The van der Waals surface area contributed by atoms with Gasteiger partial charge in [-0.3, -0.25) is 4.79 Å². The first-order valence-corrected chi connectivity index (χ1v) is 9.40.